The van der Waals surface area contributed by atoms with Crippen molar-refractivity contribution in [2.24, 2.45) is 5.92 Å². The maximum absolute atomic E-state index is 6.14. The fourth-order valence-electron chi connectivity index (χ4n) is 4.65. The summed E-state index contributed by atoms with van der Waals surface area (Å²) in [5.74, 6) is 2.82. The molecule has 1 unspecified atom stereocenters. The van der Waals surface area contributed by atoms with Crippen LogP contribution in [0.4, 0.5) is 0 Å². The lowest BCUT2D eigenvalue weighted by Gasteiger charge is -2.35. The van der Waals surface area contributed by atoms with Crippen molar-refractivity contribution < 1.29 is 9.47 Å². The molecule has 1 fully saturated rings. The summed E-state index contributed by atoms with van der Waals surface area (Å²) in [5.41, 5.74) is 3.89. The number of benzene rings is 2. The third kappa shape index (κ3) is 4.45. The molecule has 2 aliphatic rings. The first-order chi connectivity index (χ1) is 14.3. The first kappa shape index (κ1) is 21.1. The van der Waals surface area contributed by atoms with Gasteiger partial charge in [0.05, 0.1) is 7.11 Å². The number of fused-ring (bicyclic) bond motifs is 2. The maximum Gasteiger partial charge on any atom is 0.126 e. The van der Waals surface area contributed by atoms with Crippen LogP contribution < -0.4 is 9.47 Å². The number of aryl methyl sites for hydroxylation is 1. The molecule has 1 atom stereocenters. The fourth-order valence-corrected chi connectivity index (χ4v) is 4.65. The van der Waals surface area contributed by atoms with Crippen molar-refractivity contribution >= 4 is 23.3 Å². The number of halogens is 1. The molecule has 160 valence electrons. The van der Waals surface area contributed by atoms with Crippen molar-refractivity contribution in [1.82, 2.24) is 9.88 Å². The molecule has 0 saturated heterocycles. The smallest absolute Gasteiger partial charge is 0.126 e. The number of aromatic nitrogens is 1. The molecule has 0 bridgehead atoms. The number of ether oxygens (including phenoxy) is 2. The number of rotatable bonds is 8. The molecule has 1 saturated carbocycles. The van der Waals surface area contributed by atoms with E-state index < -0.39 is 0 Å². The quantitative estimate of drug-likeness (QED) is 0.534. The summed E-state index contributed by atoms with van der Waals surface area (Å²) in [6.45, 7) is 3.10. The van der Waals surface area contributed by atoms with E-state index in [9.17, 15) is 0 Å². The Morgan fingerprint density at radius 3 is 2.83 bits per heavy atom. The van der Waals surface area contributed by atoms with E-state index in [0.717, 1.165) is 43.4 Å². The van der Waals surface area contributed by atoms with E-state index in [1.165, 1.54) is 47.8 Å². The number of aromatic amines is 1. The van der Waals surface area contributed by atoms with Crippen molar-refractivity contribution in [3.05, 3.63) is 59.8 Å². The zero-order valence-electron chi connectivity index (χ0n) is 17.6. The first-order valence-corrected chi connectivity index (χ1v) is 10.9. The number of nitrogens with zero attached hydrogens (tertiary/aromatic N) is 1. The third-order valence-electron chi connectivity index (χ3n) is 6.45. The Balaban J connectivity index is 0.00000218. The van der Waals surface area contributed by atoms with Crippen molar-refractivity contribution in [3.63, 3.8) is 0 Å². The molecule has 2 aromatic carbocycles. The largest absolute Gasteiger partial charge is 0.496 e. The lowest BCUT2D eigenvalue weighted by atomic mass is 9.99. The summed E-state index contributed by atoms with van der Waals surface area (Å²) in [6.07, 6.45) is 8.24. The standard InChI is InChI=1S/C25H30N2O2.ClH/c1-28-24-9-4-10-25-22(24)14-20(17-29-25)27(16-18-11-12-18)13-5-6-19-15-26-23-8-3-2-7-21(19)23;/h2-4,7-10,15,18,20,26H,5-6,11-14,16-17H2,1H3;1H. The summed E-state index contributed by atoms with van der Waals surface area (Å²) in [5, 5.41) is 1.36. The van der Waals surface area contributed by atoms with E-state index in [4.69, 9.17) is 9.47 Å². The molecule has 0 amide bonds. The minimum atomic E-state index is 0. The normalized spacial score (nSPS) is 18.0. The van der Waals surface area contributed by atoms with Gasteiger partial charge >= 0.3 is 0 Å². The van der Waals surface area contributed by atoms with Gasteiger partial charge in [0.15, 0.2) is 0 Å². The van der Waals surface area contributed by atoms with Crippen molar-refractivity contribution in [1.29, 1.82) is 0 Å². The van der Waals surface area contributed by atoms with Gasteiger partial charge in [-0.15, -0.1) is 12.4 Å². The predicted octanol–water partition coefficient (Wildman–Crippen LogP) is 5.25. The number of para-hydroxylation sites is 1. The highest BCUT2D eigenvalue weighted by molar-refractivity contribution is 5.85. The summed E-state index contributed by atoms with van der Waals surface area (Å²) in [6, 6.07) is 15.2. The summed E-state index contributed by atoms with van der Waals surface area (Å²) in [4.78, 5) is 6.09. The third-order valence-corrected chi connectivity index (χ3v) is 6.45. The summed E-state index contributed by atoms with van der Waals surface area (Å²) in [7, 11) is 1.75. The molecule has 1 N–H and O–H groups in total. The molecular formula is C25H31ClN2O2. The molecule has 3 aromatic rings. The second kappa shape index (κ2) is 9.32. The Hall–Kier alpha value is -2.17. The van der Waals surface area contributed by atoms with Crippen LogP contribution in [0.15, 0.2) is 48.7 Å². The number of hydrogen-bond donors (Lipinski definition) is 1. The average Bonchev–Trinajstić information content (AvgIpc) is 3.50. The Kier molecular flexibility index (Phi) is 6.55. The van der Waals surface area contributed by atoms with Gasteiger partial charge in [0.1, 0.15) is 18.1 Å². The van der Waals surface area contributed by atoms with Crippen LogP contribution in [-0.4, -0.2) is 42.7 Å². The SMILES string of the molecule is COc1cccc2c1CC(N(CCCc1c[nH]c3ccccc13)CC1CC1)CO2.Cl. The van der Waals surface area contributed by atoms with Crippen LogP contribution in [0, 0.1) is 5.92 Å². The van der Waals surface area contributed by atoms with Gasteiger partial charge < -0.3 is 14.5 Å². The highest BCUT2D eigenvalue weighted by Crippen LogP contribution is 2.36. The molecule has 5 rings (SSSR count). The van der Waals surface area contributed by atoms with E-state index in [2.05, 4.69) is 46.4 Å². The average molecular weight is 427 g/mol. The second-order valence-electron chi connectivity index (χ2n) is 8.51. The van der Waals surface area contributed by atoms with Crippen LogP contribution in [0.5, 0.6) is 11.5 Å². The monoisotopic (exact) mass is 426 g/mol. The van der Waals surface area contributed by atoms with E-state index in [1.54, 1.807) is 7.11 Å². The van der Waals surface area contributed by atoms with Gasteiger partial charge in [0, 0.05) is 35.2 Å². The Morgan fingerprint density at radius 2 is 2.00 bits per heavy atom. The van der Waals surface area contributed by atoms with Gasteiger partial charge in [-0.3, -0.25) is 4.90 Å². The van der Waals surface area contributed by atoms with Gasteiger partial charge in [-0.2, -0.15) is 0 Å². The van der Waals surface area contributed by atoms with Crippen LogP contribution in [0.1, 0.15) is 30.4 Å². The highest BCUT2D eigenvalue weighted by atomic mass is 35.5. The lowest BCUT2D eigenvalue weighted by molar-refractivity contribution is 0.112. The van der Waals surface area contributed by atoms with Crippen LogP contribution in [0.3, 0.4) is 0 Å². The van der Waals surface area contributed by atoms with Gasteiger partial charge in [-0.1, -0.05) is 24.3 Å². The highest BCUT2D eigenvalue weighted by Gasteiger charge is 2.31. The number of methoxy groups -OCH3 is 1. The first-order valence-electron chi connectivity index (χ1n) is 10.9. The van der Waals surface area contributed by atoms with Crippen LogP contribution in [0.2, 0.25) is 0 Å². The summed E-state index contributed by atoms with van der Waals surface area (Å²) < 4.78 is 11.7. The molecular weight excluding hydrogens is 396 g/mol. The predicted molar refractivity (Wildman–Crippen MR) is 124 cm³/mol. The molecule has 4 nitrogen and oxygen atoms in total. The minimum Gasteiger partial charge on any atom is -0.496 e. The Bertz CT molecular complexity index is 968. The molecule has 2 heterocycles. The number of hydrogen-bond acceptors (Lipinski definition) is 3. The number of H-pyrrole nitrogens is 1. The van der Waals surface area contributed by atoms with Crippen molar-refractivity contribution in [3.8, 4) is 11.5 Å². The second-order valence-corrected chi connectivity index (χ2v) is 8.51. The molecule has 1 aliphatic heterocycles. The topological polar surface area (TPSA) is 37.5 Å². The lowest BCUT2D eigenvalue weighted by Crippen LogP contribution is -2.44. The van der Waals surface area contributed by atoms with Gasteiger partial charge in [-0.25, -0.2) is 0 Å². The van der Waals surface area contributed by atoms with Gasteiger partial charge in [0.25, 0.3) is 0 Å². The van der Waals surface area contributed by atoms with Crippen LogP contribution in [-0.2, 0) is 12.8 Å². The van der Waals surface area contributed by atoms with Crippen molar-refractivity contribution in [2.75, 3.05) is 26.8 Å². The fraction of sp³-hybridized carbons (Fsp3) is 0.440. The number of nitrogens with one attached hydrogen (secondary N) is 1. The molecule has 0 radical (unpaired) electrons. The Labute approximate surface area is 185 Å². The zero-order chi connectivity index (χ0) is 19.6. The molecule has 0 spiro atoms. The molecule has 1 aromatic heterocycles. The van der Waals surface area contributed by atoms with Crippen LogP contribution in [0.25, 0.3) is 10.9 Å². The van der Waals surface area contributed by atoms with E-state index in [0.29, 0.717) is 6.04 Å². The minimum absolute atomic E-state index is 0. The maximum atomic E-state index is 6.14. The van der Waals surface area contributed by atoms with E-state index >= 15 is 0 Å². The van der Waals surface area contributed by atoms with Crippen LogP contribution >= 0.6 is 12.4 Å². The summed E-state index contributed by atoms with van der Waals surface area (Å²) >= 11 is 0. The van der Waals surface area contributed by atoms with E-state index in [-0.39, 0.29) is 12.4 Å². The molecule has 30 heavy (non-hydrogen) atoms. The van der Waals surface area contributed by atoms with E-state index in [1.807, 2.05) is 12.1 Å². The molecule has 5 heteroatoms. The molecule has 1 aliphatic carbocycles. The van der Waals surface area contributed by atoms with Crippen molar-refractivity contribution in [2.45, 2.75) is 38.1 Å². The van der Waals surface area contributed by atoms with Gasteiger partial charge in [0.2, 0.25) is 0 Å². The zero-order valence-corrected chi connectivity index (χ0v) is 18.4. The van der Waals surface area contributed by atoms with Gasteiger partial charge in [-0.05, 0) is 68.3 Å². The Morgan fingerprint density at radius 1 is 1.13 bits per heavy atom.